The van der Waals surface area contributed by atoms with E-state index < -0.39 is 56.5 Å². The molecule has 0 heterocycles. The molecule has 36 heavy (non-hydrogen) atoms. The molecule has 2 N–H and O–H groups in total. The molecule has 190 valence electrons. The van der Waals surface area contributed by atoms with Crippen molar-refractivity contribution in [2.24, 2.45) is 0 Å². The molecule has 0 aliphatic rings. The molecule has 1 amide bonds. The molecule has 3 rings (SSSR count). The second-order valence-electron chi connectivity index (χ2n) is 7.60. The monoisotopic (exact) mass is 537 g/mol. The molecule has 3 aromatic carbocycles. The van der Waals surface area contributed by atoms with E-state index in [0.717, 1.165) is 11.5 Å². The SMILES string of the molecule is N#CCNC(=O)C(CS(=O)(=O)Cc1ccccc1OC(F)F)NS(=O)(=O)c1ccc2ccccc2c1. The molecular formula is C23H21F2N3O6S2. The lowest BCUT2D eigenvalue weighted by Crippen LogP contribution is -2.50. The number of ether oxygens (including phenoxy) is 1. The number of hydrogen-bond donors (Lipinski definition) is 2. The summed E-state index contributed by atoms with van der Waals surface area (Å²) in [4.78, 5) is 12.4. The van der Waals surface area contributed by atoms with Crippen LogP contribution in [0.5, 0.6) is 5.75 Å². The summed E-state index contributed by atoms with van der Waals surface area (Å²) < 4.78 is 83.7. The Kier molecular flexibility index (Phi) is 8.57. The predicted molar refractivity (Wildman–Crippen MR) is 127 cm³/mol. The van der Waals surface area contributed by atoms with Crippen molar-refractivity contribution in [2.75, 3.05) is 12.3 Å². The molecule has 0 aliphatic carbocycles. The molecule has 0 spiro atoms. The number of carbonyl (C=O) groups is 1. The van der Waals surface area contributed by atoms with Crippen LogP contribution in [0.15, 0.2) is 71.6 Å². The van der Waals surface area contributed by atoms with Gasteiger partial charge in [0.25, 0.3) is 0 Å². The summed E-state index contributed by atoms with van der Waals surface area (Å²) in [7, 11) is -8.62. The van der Waals surface area contributed by atoms with Gasteiger partial charge in [-0.25, -0.2) is 16.8 Å². The highest BCUT2D eigenvalue weighted by molar-refractivity contribution is 7.91. The Balaban J connectivity index is 1.88. The number of carbonyl (C=O) groups excluding carboxylic acids is 1. The Morgan fingerprint density at radius 2 is 1.64 bits per heavy atom. The topological polar surface area (TPSA) is 142 Å². The normalized spacial score (nSPS) is 12.7. The highest BCUT2D eigenvalue weighted by Crippen LogP contribution is 2.23. The Morgan fingerprint density at radius 1 is 0.972 bits per heavy atom. The molecular weight excluding hydrogens is 516 g/mol. The minimum atomic E-state index is -4.37. The van der Waals surface area contributed by atoms with Crippen LogP contribution in [0.4, 0.5) is 8.78 Å². The average molecular weight is 538 g/mol. The summed E-state index contributed by atoms with van der Waals surface area (Å²) in [5.74, 6) is -3.20. The maximum atomic E-state index is 13.0. The summed E-state index contributed by atoms with van der Waals surface area (Å²) in [6, 6.07) is 16.3. The van der Waals surface area contributed by atoms with Crippen molar-refractivity contribution in [3.63, 3.8) is 0 Å². The first kappa shape index (κ1) is 27.0. The van der Waals surface area contributed by atoms with Crippen molar-refractivity contribution >= 4 is 36.5 Å². The fraction of sp³-hybridized carbons (Fsp3) is 0.217. The van der Waals surface area contributed by atoms with Crippen molar-refractivity contribution in [3.05, 3.63) is 72.3 Å². The van der Waals surface area contributed by atoms with E-state index in [-0.39, 0.29) is 16.2 Å². The summed E-state index contributed by atoms with van der Waals surface area (Å²) >= 11 is 0. The van der Waals surface area contributed by atoms with Gasteiger partial charge in [0.2, 0.25) is 15.9 Å². The van der Waals surface area contributed by atoms with Crippen molar-refractivity contribution in [2.45, 2.75) is 23.3 Å². The molecule has 1 unspecified atom stereocenters. The van der Waals surface area contributed by atoms with Gasteiger partial charge in [0, 0.05) is 5.56 Å². The van der Waals surface area contributed by atoms with Crippen LogP contribution >= 0.6 is 0 Å². The van der Waals surface area contributed by atoms with E-state index in [1.807, 2.05) is 0 Å². The predicted octanol–water partition coefficient (Wildman–Crippen LogP) is 2.34. The number of sulfonamides is 1. The van der Waals surface area contributed by atoms with Crippen molar-refractivity contribution in [1.29, 1.82) is 5.26 Å². The molecule has 0 bridgehead atoms. The molecule has 0 aromatic heterocycles. The Morgan fingerprint density at radius 3 is 2.33 bits per heavy atom. The highest BCUT2D eigenvalue weighted by Gasteiger charge is 2.31. The van der Waals surface area contributed by atoms with Crippen LogP contribution in [0.1, 0.15) is 5.56 Å². The number of rotatable bonds is 11. The van der Waals surface area contributed by atoms with Gasteiger partial charge in [-0.15, -0.1) is 0 Å². The third kappa shape index (κ3) is 7.20. The van der Waals surface area contributed by atoms with E-state index >= 15 is 0 Å². The molecule has 0 fully saturated rings. The number of nitriles is 1. The fourth-order valence-corrected chi connectivity index (χ4v) is 6.30. The maximum absolute atomic E-state index is 13.0. The number of nitrogens with zero attached hydrogens (tertiary/aromatic N) is 1. The smallest absolute Gasteiger partial charge is 0.387 e. The van der Waals surface area contributed by atoms with Gasteiger partial charge in [0.15, 0.2) is 9.84 Å². The second-order valence-corrected chi connectivity index (χ2v) is 11.4. The number of sulfone groups is 1. The molecule has 0 saturated heterocycles. The average Bonchev–Trinajstić information content (AvgIpc) is 2.82. The van der Waals surface area contributed by atoms with Gasteiger partial charge in [-0.1, -0.05) is 48.5 Å². The fourth-order valence-electron chi connectivity index (χ4n) is 3.39. The maximum Gasteiger partial charge on any atom is 0.387 e. The number of nitrogens with one attached hydrogen (secondary N) is 2. The summed E-state index contributed by atoms with van der Waals surface area (Å²) in [5.41, 5.74) is -0.0913. The summed E-state index contributed by atoms with van der Waals surface area (Å²) in [6.07, 6.45) is 0. The Labute approximate surface area is 206 Å². The standard InChI is InChI=1S/C23H21F2N3O6S2/c24-23(25)34-21-8-4-3-7-18(21)14-35(30,31)15-20(22(29)27-12-11-26)28-36(32,33)19-10-9-16-5-1-2-6-17(16)13-19/h1-10,13,20,23,28H,12,14-15H2,(H,27,29). The molecule has 0 aliphatic heterocycles. The first-order valence-electron chi connectivity index (χ1n) is 10.4. The van der Waals surface area contributed by atoms with E-state index in [1.54, 1.807) is 36.4 Å². The van der Waals surface area contributed by atoms with Crippen LogP contribution in [-0.4, -0.2) is 47.7 Å². The molecule has 1 atom stereocenters. The van der Waals surface area contributed by atoms with E-state index in [9.17, 15) is 30.4 Å². The highest BCUT2D eigenvalue weighted by atomic mass is 32.2. The lowest BCUT2D eigenvalue weighted by molar-refractivity contribution is -0.122. The molecule has 0 radical (unpaired) electrons. The number of para-hydroxylation sites is 1. The van der Waals surface area contributed by atoms with Gasteiger partial charge in [0.1, 0.15) is 18.3 Å². The van der Waals surface area contributed by atoms with Gasteiger partial charge >= 0.3 is 6.61 Å². The molecule has 0 saturated carbocycles. The van der Waals surface area contributed by atoms with Crippen LogP contribution in [-0.2, 0) is 30.4 Å². The Bertz CT molecular complexity index is 1510. The number of hydrogen-bond acceptors (Lipinski definition) is 7. The molecule has 3 aromatic rings. The van der Waals surface area contributed by atoms with Gasteiger partial charge in [0.05, 0.1) is 22.5 Å². The quantitative estimate of drug-likeness (QED) is 0.358. The first-order valence-corrected chi connectivity index (χ1v) is 13.7. The van der Waals surface area contributed by atoms with Crippen LogP contribution < -0.4 is 14.8 Å². The minimum absolute atomic E-state index is 0.0913. The van der Waals surface area contributed by atoms with Gasteiger partial charge in [-0.2, -0.15) is 18.8 Å². The number of alkyl halides is 2. The lowest BCUT2D eigenvalue weighted by atomic mass is 10.1. The van der Waals surface area contributed by atoms with E-state index in [1.165, 1.54) is 30.3 Å². The zero-order valence-corrected chi connectivity index (χ0v) is 20.2. The van der Waals surface area contributed by atoms with E-state index in [2.05, 4.69) is 14.8 Å². The first-order chi connectivity index (χ1) is 17.0. The largest absolute Gasteiger partial charge is 0.435 e. The zero-order valence-electron chi connectivity index (χ0n) is 18.6. The third-order valence-corrected chi connectivity index (χ3v) is 8.03. The van der Waals surface area contributed by atoms with Crippen LogP contribution in [0.3, 0.4) is 0 Å². The van der Waals surface area contributed by atoms with E-state index in [0.29, 0.717) is 5.39 Å². The summed E-state index contributed by atoms with van der Waals surface area (Å²) in [6.45, 7) is -3.68. The third-order valence-electron chi connectivity index (χ3n) is 4.97. The van der Waals surface area contributed by atoms with Gasteiger partial charge in [-0.3, -0.25) is 4.79 Å². The van der Waals surface area contributed by atoms with Gasteiger partial charge in [-0.05, 0) is 29.0 Å². The van der Waals surface area contributed by atoms with Crippen LogP contribution in [0, 0.1) is 11.3 Å². The van der Waals surface area contributed by atoms with Crippen LogP contribution in [0.25, 0.3) is 10.8 Å². The number of amides is 1. The molecule has 13 heteroatoms. The van der Waals surface area contributed by atoms with E-state index in [4.69, 9.17) is 5.26 Å². The number of halogens is 2. The summed E-state index contributed by atoms with van der Waals surface area (Å²) in [5, 5.41) is 12.3. The lowest BCUT2D eigenvalue weighted by Gasteiger charge is -2.19. The molecule has 9 nitrogen and oxygen atoms in total. The van der Waals surface area contributed by atoms with Crippen LogP contribution in [0.2, 0.25) is 0 Å². The number of benzene rings is 3. The Hall–Kier alpha value is -3.60. The van der Waals surface area contributed by atoms with Crippen molar-refractivity contribution in [1.82, 2.24) is 10.0 Å². The van der Waals surface area contributed by atoms with Gasteiger partial charge < -0.3 is 10.1 Å². The second kappa shape index (κ2) is 11.4. The zero-order chi connectivity index (χ0) is 26.3. The van der Waals surface area contributed by atoms with Crippen molar-refractivity contribution in [3.8, 4) is 11.8 Å². The van der Waals surface area contributed by atoms with Crippen molar-refractivity contribution < 1.29 is 35.1 Å². The number of fused-ring (bicyclic) bond motifs is 1. The minimum Gasteiger partial charge on any atom is -0.435 e.